The first-order valence-electron chi connectivity index (χ1n) is 13.9. The Morgan fingerprint density at radius 3 is 2.06 bits per heavy atom. The van der Waals surface area contributed by atoms with Crippen molar-refractivity contribution in [3.05, 3.63) is 54.1 Å². The van der Waals surface area contributed by atoms with E-state index in [1.807, 2.05) is 0 Å². The molecule has 1 unspecified atom stereocenters. The van der Waals surface area contributed by atoms with E-state index in [-0.39, 0.29) is 11.1 Å². The van der Waals surface area contributed by atoms with E-state index in [2.05, 4.69) is 82.5 Å². The number of hydrogen-bond donors (Lipinski definition) is 0. The Bertz CT molecular complexity index is 801. The smallest absolute Gasteiger partial charge is 0.0164 e. The monoisotopic (exact) mass is 447 g/mol. The van der Waals surface area contributed by atoms with Gasteiger partial charge in [0.15, 0.2) is 0 Å². The third kappa shape index (κ3) is 5.50. The summed E-state index contributed by atoms with van der Waals surface area (Å²) in [6.07, 6.45) is 18.0. The standard InChI is InChI=1S/C32H49N/c1-7-21-33-31(3,4)22-30(23-32(33,5)6)29-19-17-28(18-20-29)27-15-13-26(14-16-27)25-11-9-24(8-2)10-12-25/h8,15,17-20,24-26,30H,2,7,9-14,16,21-23H2,1,3-6H3. The lowest BCUT2D eigenvalue weighted by Gasteiger charge is -2.55. The first-order valence-corrected chi connectivity index (χ1v) is 13.9. The van der Waals surface area contributed by atoms with E-state index in [1.54, 1.807) is 11.1 Å². The van der Waals surface area contributed by atoms with Gasteiger partial charge in [-0.1, -0.05) is 43.3 Å². The maximum atomic E-state index is 4.01. The minimum Gasteiger partial charge on any atom is -0.293 e. The number of piperidine rings is 1. The number of allylic oxidation sites excluding steroid dienone is 3. The van der Waals surface area contributed by atoms with Crippen LogP contribution in [0.25, 0.3) is 5.57 Å². The molecule has 1 aromatic carbocycles. The topological polar surface area (TPSA) is 3.24 Å². The van der Waals surface area contributed by atoms with E-state index >= 15 is 0 Å². The summed E-state index contributed by atoms with van der Waals surface area (Å²) in [4.78, 5) is 2.76. The fraction of sp³-hybridized carbons (Fsp3) is 0.688. The maximum Gasteiger partial charge on any atom is 0.0164 e. The third-order valence-corrected chi connectivity index (χ3v) is 9.42. The average molecular weight is 448 g/mol. The molecule has 0 bridgehead atoms. The van der Waals surface area contributed by atoms with Gasteiger partial charge in [-0.15, -0.1) is 6.58 Å². The molecule has 1 saturated carbocycles. The molecule has 0 N–H and O–H groups in total. The Morgan fingerprint density at radius 1 is 0.909 bits per heavy atom. The van der Waals surface area contributed by atoms with E-state index in [4.69, 9.17) is 0 Å². The van der Waals surface area contributed by atoms with Crippen molar-refractivity contribution in [2.75, 3.05) is 6.54 Å². The van der Waals surface area contributed by atoms with Gasteiger partial charge in [-0.3, -0.25) is 4.90 Å². The first-order chi connectivity index (χ1) is 15.7. The first kappa shape index (κ1) is 24.8. The molecule has 1 aromatic rings. The van der Waals surface area contributed by atoms with E-state index < -0.39 is 0 Å². The molecule has 2 aliphatic carbocycles. The van der Waals surface area contributed by atoms with Gasteiger partial charge in [-0.2, -0.15) is 0 Å². The highest BCUT2D eigenvalue weighted by Crippen LogP contribution is 2.46. The molecule has 4 rings (SSSR count). The summed E-state index contributed by atoms with van der Waals surface area (Å²) in [5.74, 6) is 3.31. The van der Waals surface area contributed by atoms with Crippen molar-refractivity contribution < 1.29 is 0 Å². The number of nitrogens with zero attached hydrogens (tertiary/aromatic N) is 1. The van der Waals surface area contributed by atoms with Crippen molar-refractivity contribution in [3.8, 4) is 0 Å². The van der Waals surface area contributed by atoms with Crippen LogP contribution in [0.2, 0.25) is 0 Å². The summed E-state index contributed by atoms with van der Waals surface area (Å²) in [6, 6.07) is 9.75. The lowest BCUT2D eigenvalue weighted by molar-refractivity contribution is -0.0358. The van der Waals surface area contributed by atoms with E-state index in [0.29, 0.717) is 5.92 Å². The van der Waals surface area contributed by atoms with Crippen molar-refractivity contribution in [2.24, 2.45) is 17.8 Å². The van der Waals surface area contributed by atoms with Crippen molar-refractivity contribution in [3.63, 3.8) is 0 Å². The summed E-state index contributed by atoms with van der Waals surface area (Å²) in [7, 11) is 0. The van der Waals surface area contributed by atoms with Gasteiger partial charge in [0.05, 0.1) is 0 Å². The average Bonchev–Trinajstić information content (AvgIpc) is 2.81. The van der Waals surface area contributed by atoms with Gasteiger partial charge in [-0.05, 0) is 139 Å². The molecule has 1 saturated heterocycles. The molecule has 0 amide bonds. The van der Waals surface area contributed by atoms with Crippen LogP contribution >= 0.6 is 0 Å². The normalized spacial score (nSPS) is 30.6. The van der Waals surface area contributed by atoms with Crippen LogP contribution in [0.15, 0.2) is 43.0 Å². The molecule has 182 valence electrons. The molecule has 0 spiro atoms. The lowest BCUT2D eigenvalue weighted by Crippen LogP contribution is -2.60. The second-order valence-corrected chi connectivity index (χ2v) is 12.7. The van der Waals surface area contributed by atoms with Gasteiger partial charge in [0.25, 0.3) is 0 Å². The SMILES string of the molecule is C=CC1CCC(C2CC=C(c3ccc(C4CC(C)(C)N(CCC)C(C)(C)C4)cc3)CC2)CC1. The minimum atomic E-state index is 0.257. The fourth-order valence-corrected chi connectivity index (χ4v) is 7.75. The Kier molecular flexibility index (Phi) is 7.59. The fourth-order valence-electron chi connectivity index (χ4n) is 7.75. The van der Waals surface area contributed by atoms with E-state index in [9.17, 15) is 0 Å². The predicted molar refractivity (Wildman–Crippen MR) is 145 cm³/mol. The van der Waals surface area contributed by atoms with Crippen LogP contribution in [0.5, 0.6) is 0 Å². The summed E-state index contributed by atoms with van der Waals surface area (Å²) in [5, 5.41) is 0. The maximum absolute atomic E-state index is 4.01. The third-order valence-electron chi connectivity index (χ3n) is 9.42. The zero-order valence-corrected chi connectivity index (χ0v) is 22.2. The van der Waals surface area contributed by atoms with Gasteiger partial charge in [0.2, 0.25) is 0 Å². The molecule has 3 aliphatic rings. The molecular formula is C32H49N. The zero-order chi connectivity index (χ0) is 23.6. The molecule has 0 aromatic heterocycles. The summed E-state index contributed by atoms with van der Waals surface area (Å²) >= 11 is 0. The quantitative estimate of drug-likeness (QED) is 0.393. The summed E-state index contributed by atoms with van der Waals surface area (Å²) in [5.41, 5.74) is 5.12. The van der Waals surface area contributed by atoms with Gasteiger partial charge < -0.3 is 0 Å². The Balaban J connectivity index is 1.39. The van der Waals surface area contributed by atoms with Crippen LogP contribution in [-0.2, 0) is 0 Å². The van der Waals surface area contributed by atoms with E-state index in [0.717, 1.165) is 17.8 Å². The molecule has 2 fully saturated rings. The van der Waals surface area contributed by atoms with Crippen molar-refractivity contribution in [2.45, 2.75) is 116 Å². The lowest BCUT2D eigenvalue weighted by atomic mass is 9.70. The molecule has 1 heterocycles. The Morgan fingerprint density at radius 2 is 1.55 bits per heavy atom. The predicted octanol–water partition coefficient (Wildman–Crippen LogP) is 9.01. The number of benzene rings is 1. The number of hydrogen-bond acceptors (Lipinski definition) is 1. The summed E-state index contributed by atoms with van der Waals surface area (Å²) in [6.45, 7) is 17.4. The molecular weight excluding hydrogens is 398 g/mol. The van der Waals surface area contributed by atoms with E-state index in [1.165, 1.54) is 76.3 Å². The number of rotatable bonds is 6. The summed E-state index contributed by atoms with van der Waals surface area (Å²) < 4.78 is 0. The van der Waals surface area contributed by atoms with Crippen LogP contribution in [0, 0.1) is 17.8 Å². The minimum absolute atomic E-state index is 0.257. The molecule has 0 radical (unpaired) electrons. The molecule has 1 aliphatic heterocycles. The molecule has 1 atom stereocenters. The second kappa shape index (κ2) is 10.1. The zero-order valence-electron chi connectivity index (χ0n) is 22.2. The van der Waals surface area contributed by atoms with Crippen molar-refractivity contribution >= 4 is 5.57 Å². The van der Waals surface area contributed by atoms with Crippen molar-refractivity contribution in [1.29, 1.82) is 0 Å². The highest BCUT2D eigenvalue weighted by molar-refractivity contribution is 5.66. The molecule has 33 heavy (non-hydrogen) atoms. The molecule has 1 heteroatoms. The molecule has 1 nitrogen and oxygen atoms in total. The largest absolute Gasteiger partial charge is 0.293 e. The van der Waals surface area contributed by atoms with Crippen LogP contribution in [-0.4, -0.2) is 22.5 Å². The van der Waals surface area contributed by atoms with Crippen LogP contribution < -0.4 is 0 Å². The van der Waals surface area contributed by atoms with Gasteiger partial charge >= 0.3 is 0 Å². The van der Waals surface area contributed by atoms with Gasteiger partial charge in [0.1, 0.15) is 0 Å². The highest BCUT2D eigenvalue weighted by Gasteiger charge is 2.44. The van der Waals surface area contributed by atoms with Gasteiger partial charge in [-0.25, -0.2) is 0 Å². The van der Waals surface area contributed by atoms with Crippen molar-refractivity contribution in [1.82, 2.24) is 4.90 Å². The van der Waals surface area contributed by atoms with Crippen LogP contribution in [0.4, 0.5) is 0 Å². The highest BCUT2D eigenvalue weighted by atomic mass is 15.3. The van der Waals surface area contributed by atoms with Crippen LogP contribution in [0.1, 0.15) is 116 Å². The van der Waals surface area contributed by atoms with Crippen LogP contribution in [0.3, 0.4) is 0 Å². The Labute approximate surface area is 204 Å². The van der Waals surface area contributed by atoms with Gasteiger partial charge in [0, 0.05) is 11.1 Å². The Hall–Kier alpha value is -1.34. The second-order valence-electron chi connectivity index (χ2n) is 12.7. The number of likely N-dealkylation sites (tertiary alicyclic amines) is 1.